The van der Waals surface area contributed by atoms with Crippen molar-refractivity contribution in [2.45, 2.75) is 11.8 Å². The van der Waals surface area contributed by atoms with Crippen LogP contribution in [0.2, 0.25) is 0 Å². The molecule has 0 N–H and O–H groups in total. The number of ether oxygens (including phenoxy) is 3. The predicted octanol–water partition coefficient (Wildman–Crippen LogP) is 2.60. The van der Waals surface area contributed by atoms with Gasteiger partial charge >= 0.3 is 0 Å². The van der Waals surface area contributed by atoms with Crippen molar-refractivity contribution in [3.63, 3.8) is 0 Å². The molecule has 0 unspecified atom stereocenters. The standard InChI is InChI=1S/C17H19NO5S/c1-12-4-6-15-14(10-12)18(8-9-23-15)24(19,20)13-5-7-16(21-2)17(11-13)22-3/h4-7,10-11H,8-9H2,1-3H3. The lowest BCUT2D eigenvalue weighted by Crippen LogP contribution is -2.38. The maximum Gasteiger partial charge on any atom is 0.264 e. The summed E-state index contributed by atoms with van der Waals surface area (Å²) in [5, 5.41) is 0. The molecule has 0 spiro atoms. The summed E-state index contributed by atoms with van der Waals surface area (Å²) in [7, 11) is -0.751. The highest BCUT2D eigenvalue weighted by Crippen LogP contribution is 2.37. The lowest BCUT2D eigenvalue weighted by atomic mass is 10.2. The average molecular weight is 349 g/mol. The molecule has 0 radical (unpaired) electrons. The van der Waals surface area contributed by atoms with Crippen molar-refractivity contribution in [1.82, 2.24) is 0 Å². The number of nitrogens with zero attached hydrogens (tertiary/aromatic N) is 1. The van der Waals surface area contributed by atoms with Gasteiger partial charge in [0.05, 0.1) is 31.3 Å². The van der Waals surface area contributed by atoms with Crippen molar-refractivity contribution >= 4 is 15.7 Å². The Labute approximate surface area is 141 Å². The highest BCUT2D eigenvalue weighted by molar-refractivity contribution is 7.92. The molecule has 0 aliphatic carbocycles. The molecular formula is C17H19NO5S. The van der Waals surface area contributed by atoms with E-state index >= 15 is 0 Å². The third-order valence-electron chi connectivity index (χ3n) is 3.88. The Balaban J connectivity index is 2.08. The highest BCUT2D eigenvalue weighted by atomic mass is 32.2. The summed E-state index contributed by atoms with van der Waals surface area (Å²) in [4.78, 5) is 0.148. The molecule has 1 aliphatic rings. The van der Waals surface area contributed by atoms with Gasteiger partial charge in [0.25, 0.3) is 10.0 Å². The van der Waals surface area contributed by atoms with Gasteiger partial charge in [0, 0.05) is 6.07 Å². The van der Waals surface area contributed by atoms with Crippen molar-refractivity contribution in [2.24, 2.45) is 0 Å². The zero-order valence-corrected chi connectivity index (χ0v) is 14.6. The van der Waals surface area contributed by atoms with Crippen LogP contribution in [-0.2, 0) is 10.0 Å². The summed E-state index contributed by atoms with van der Waals surface area (Å²) in [5.74, 6) is 1.42. The maximum atomic E-state index is 13.1. The fourth-order valence-electron chi connectivity index (χ4n) is 2.66. The third kappa shape index (κ3) is 2.75. The molecule has 1 heterocycles. The molecule has 1 aliphatic heterocycles. The Kier molecular flexibility index (Phi) is 4.28. The van der Waals surface area contributed by atoms with Gasteiger partial charge in [-0.1, -0.05) is 6.07 Å². The molecule has 6 nitrogen and oxygen atoms in total. The van der Waals surface area contributed by atoms with Crippen LogP contribution in [0.5, 0.6) is 17.2 Å². The minimum Gasteiger partial charge on any atom is -0.493 e. The van der Waals surface area contributed by atoms with Crippen LogP contribution in [0, 0.1) is 6.92 Å². The smallest absolute Gasteiger partial charge is 0.264 e. The van der Waals surface area contributed by atoms with Crippen LogP contribution in [0.4, 0.5) is 5.69 Å². The Morgan fingerprint density at radius 3 is 2.50 bits per heavy atom. The molecule has 0 bridgehead atoms. The lowest BCUT2D eigenvalue weighted by Gasteiger charge is -2.30. The van der Waals surface area contributed by atoms with Crippen molar-refractivity contribution in [3.05, 3.63) is 42.0 Å². The SMILES string of the molecule is COc1ccc(S(=O)(=O)N2CCOc3ccc(C)cc32)cc1OC. The lowest BCUT2D eigenvalue weighted by molar-refractivity contribution is 0.315. The zero-order chi connectivity index (χ0) is 17.3. The molecular weight excluding hydrogens is 330 g/mol. The summed E-state index contributed by atoms with van der Waals surface area (Å²) in [6, 6.07) is 10.1. The number of aryl methyl sites for hydroxylation is 1. The number of methoxy groups -OCH3 is 2. The van der Waals surface area contributed by atoms with E-state index < -0.39 is 10.0 Å². The van der Waals surface area contributed by atoms with Crippen LogP contribution >= 0.6 is 0 Å². The quantitative estimate of drug-likeness (QED) is 0.849. The van der Waals surface area contributed by atoms with E-state index in [0.29, 0.717) is 29.5 Å². The summed E-state index contributed by atoms with van der Waals surface area (Å²) in [5.41, 5.74) is 1.52. The fraction of sp³-hybridized carbons (Fsp3) is 0.294. The third-order valence-corrected chi connectivity index (χ3v) is 5.69. The molecule has 0 saturated heterocycles. The van der Waals surface area contributed by atoms with Gasteiger partial charge in [-0.15, -0.1) is 0 Å². The minimum atomic E-state index is -3.73. The number of rotatable bonds is 4. The number of fused-ring (bicyclic) bond motifs is 1. The number of sulfonamides is 1. The van der Waals surface area contributed by atoms with Gasteiger partial charge in [-0.2, -0.15) is 0 Å². The molecule has 128 valence electrons. The van der Waals surface area contributed by atoms with Gasteiger partial charge in [0.15, 0.2) is 11.5 Å². The van der Waals surface area contributed by atoms with Crippen LogP contribution in [0.3, 0.4) is 0 Å². The van der Waals surface area contributed by atoms with Gasteiger partial charge in [-0.25, -0.2) is 8.42 Å². The second-order valence-electron chi connectivity index (χ2n) is 5.41. The van der Waals surface area contributed by atoms with E-state index in [2.05, 4.69) is 0 Å². The van der Waals surface area contributed by atoms with Crippen molar-refractivity contribution in [2.75, 3.05) is 31.7 Å². The van der Waals surface area contributed by atoms with Crippen LogP contribution in [0.1, 0.15) is 5.56 Å². The minimum absolute atomic E-state index is 0.148. The van der Waals surface area contributed by atoms with Crippen molar-refractivity contribution in [3.8, 4) is 17.2 Å². The van der Waals surface area contributed by atoms with E-state index in [9.17, 15) is 8.42 Å². The zero-order valence-electron chi connectivity index (χ0n) is 13.8. The first-order valence-electron chi connectivity index (χ1n) is 7.45. The second-order valence-corrected chi connectivity index (χ2v) is 7.28. The van der Waals surface area contributed by atoms with E-state index in [1.165, 1.54) is 30.7 Å². The normalized spacial score (nSPS) is 13.9. The second kappa shape index (κ2) is 6.24. The van der Waals surface area contributed by atoms with Gasteiger partial charge < -0.3 is 14.2 Å². The maximum absolute atomic E-state index is 13.1. The van der Waals surface area contributed by atoms with E-state index in [1.54, 1.807) is 12.1 Å². The molecule has 7 heteroatoms. The van der Waals surface area contributed by atoms with Crippen LogP contribution in [0.25, 0.3) is 0 Å². The van der Waals surface area contributed by atoms with Gasteiger partial charge in [-0.3, -0.25) is 4.31 Å². The largest absolute Gasteiger partial charge is 0.493 e. The van der Waals surface area contributed by atoms with Crippen LogP contribution in [-0.4, -0.2) is 35.8 Å². The molecule has 2 aromatic rings. The van der Waals surface area contributed by atoms with Crippen LogP contribution in [0.15, 0.2) is 41.3 Å². The van der Waals surface area contributed by atoms with Crippen LogP contribution < -0.4 is 18.5 Å². The average Bonchev–Trinajstić information content (AvgIpc) is 2.60. The topological polar surface area (TPSA) is 65.1 Å². The molecule has 0 amide bonds. The monoisotopic (exact) mass is 349 g/mol. The van der Waals surface area contributed by atoms with E-state index in [4.69, 9.17) is 14.2 Å². The van der Waals surface area contributed by atoms with Crippen molar-refractivity contribution in [1.29, 1.82) is 0 Å². The van der Waals surface area contributed by atoms with E-state index in [1.807, 2.05) is 19.1 Å². The Morgan fingerprint density at radius 1 is 1.04 bits per heavy atom. The molecule has 3 rings (SSSR count). The number of hydrogen-bond acceptors (Lipinski definition) is 5. The summed E-state index contributed by atoms with van der Waals surface area (Å²) in [6.07, 6.45) is 0. The summed E-state index contributed by atoms with van der Waals surface area (Å²) < 4.78 is 43.5. The Bertz CT molecular complexity index is 863. The number of hydrogen-bond donors (Lipinski definition) is 0. The molecule has 0 atom stereocenters. The summed E-state index contributed by atoms with van der Waals surface area (Å²) >= 11 is 0. The van der Waals surface area contributed by atoms with Crippen molar-refractivity contribution < 1.29 is 22.6 Å². The number of benzene rings is 2. The summed E-state index contributed by atoms with van der Waals surface area (Å²) in [6.45, 7) is 2.48. The molecule has 0 fully saturated rings. The first kappa shape index (κ1) is 16.4. The van der Waals surface area contributed by atoms with Gasteiger partial charge in [0.2, 0.25) is 0 Å². The molecule has 24 heavy (non-hydrogen) atoms. The van der Waals surface area contributed by atoms with Gasteiger partial charge in [0.1, 0.15) is 12.4 Å². The van der Waals surface area contributed by atoms with E-state index in [-0.39, 0.29) is 11.4 Å². The Hall–Kier alpha value is -2.41. The Morgan fingerprint density at radius 2 is 1.79 bits per heavy atom. The molecule has 0 aromatic heterocycles. The fourth-order valence-corrected chi connectivity index (χ4v) is 4.12. The van der Waals surface area contributed by atoms with Gasteiger partial charge in [-0.05, 0) is 36.8 Å². The predicted molar refractivity (Wildman–Crippen MR) is 90.8 cm³/mol. The highest BCUT2D eigenvalue weighted by Gasteiger charge is 2.30. The number of anilines is 1. The first-order valence-corrected chi connectivity index (χ1v) is 8.89. The van der Waals surface area contributed by atoms with E-state index in [0.717, 1.165) is 5.56 Å². The molecule has 2 aromatic carbocycles. The molecule has 0 saturated carbocycles. The first-order chi connectivity index (χ1) is 11.5.